The van der Waals surface area contributed by atoms with E-state index in [4.69, 9.17) is 21.4 Å². The van der Waals surface area contributed by atoms with Crippen LogP contribution in [-0.2, 0) is 24.8 Å². The van der Waals surface area contributed by atoms with Crippen LogP contribution in [0, 0.1) is 0 Å². The van der Waals surface area contributed by atoms with Gasteiger partial charge in [-0.05, 0) is 19.1 Å². The van der Waals surface area contributed by atoms with Crippen LogP contribution < -0.4 is 4.74 Å². The molecule has 6 nitrogen and oxygen atoms in total. The molecule has 0 unspecified atom stereocenters. The number of halogens is 1. The smallest absolute Gasteiger partial charge is 0.309 e. The molecule has 0 aromatic carbocycles. The standard InChI is InChI=1S/C17H19ClN2O4/c1-4-8-20-11(10-15(21)22)9-13(24-5-2)16(20)17(23)12-6-7-14(18)19(12)3/h4,6-7,9H,1,5,8,10H2,2-3H3,(H,21,22). The third-order valence-electron chi connectivity index (χ3n) is 3.60. The van der Waals surface area contributed by atoms with Crippen LogP contribution in [0.5, 0.6) is 5.75 Å². The van der Waals surface area contributed by atoms with Crippen LogP contribution in [0.2, 0.25) is 5.15 Å². The molecule has 0 aliphatic heterocycles. The van der Waals surface area contributed by atoms with Gasteiger partial charge >= 0.3 is 5.97 Å². The predicted octanol–water partition coefficient (Wildman–Crippen LogP) is 2.92. The molecule has 2 aromatic rings. The molecule has 0 aliphatic rings. The van der Waals surface area contributed by atoms with E-state index < -0.39 is 5.97 Å². The van der Waals surface area contributed by atoms with E-state index in [0.29, 0.717) is 41.1 Å². The lowest BCUT2D eigenvalue weighted by Gasteiger charge is -2.12. The number of ketones is 1. The highest BCUT2D eigenvalue weighted by molar-refractivity contribution is 6.30. The summed E-state index contributed by atoms with van der Waals surface area (Å²) in [6.45, 7) is 6.14. The van der Waals surface area contributed by atoms with Crippen LogP contribution in [0.25, 0.3) is 0 Å². The maximum Gasteiger partial charge on any atom is 0.309 e. The van der Waals surface area contributed by atoms with Crippen LogP contribution in [0.4, 0.5) is 0 Å². The summed E-state index contributed by atoms with van der Waals surface area (Å²) in [6, 6.07) is 4.86. The largest absolute Gasteiger partial charge is 0.491 e. The number of aliphatic carboxylic acids is 1. The summed E-state index contributed by atoms with van der Waals surface area (Å²) in [6.07, 6.45) is 1.39. The second-order valence-corrected chi connectivity index (χ2v) is 5.57. The average Bonchev–Trinajstić information content (AvgIpc) is 3.01. The molecule has 0 saturated carbocycles. The molecule has 2 aromatic heterocycles. The van der Waals surface area contributed by atoms with E-state index in [9.17, 15) is 9.59 Å². The molecule has 0 saturated heterocycles. The SMILES string of the molecule is C=CCn1c(CC(=O)O)cc(OCC)c1C(=O)c1ccc(Cl)n1C. The Hall–Kier alpha value is -2.47. The van der Waals surface area contributed by atoms with E-state index in [2.05, 4.69) is 6.58 Å². The number of allylic oxidation sites excluding steroid dienone is 1. The Morgan fingerprint density at radius 2 is 2.12 bits per heavy atom. The van der Waals surface area contributed by atoms with Crippen LogP contribution in [0.3, 0.4) is 0 Å². The van der Waals surface area contributed by atoms with Gasteiger partial charge in [0.25, 0.3) is 0 Å². The van der Waals surface area contributed by atoms with E-state index in [1.807, 2.05) is 0 Å². The van der Waals surface area contributed by atoms with E-state index in [1.165, 1.54) is 0 Å². The zero-order valence-electron chi connectivity index (χ0n) is 13.6. The Kier molecular flexibility index (Phi) is 5.51. The molecule has 0 atom stereocenters. The lowest BCUT2D eigenvalue weighted by atomic mass is 10.2. The number of hydrogen-bond acceptors (Lipinski definition) is 3. The Bertz CT molecular complexity index is 789. The highest BCUT2D eigenvalue weighted by atomic mass is 35.5. The Morgan fingerprint density at radius 3 is 2.62 bits per heavy atom. The van der Waals surface area contributed by atoms with Crippen molar-refractivity contribution in [2.45, 2.75) is 19.9 Å². The first kappa shape index (κ1) is 17.9. The van der Waals surface area contributed by atoms with Gasteiger partial charge in [0.15, 0.2) is 0 Å². The number of carbonyl (C=O) groups is 2. The second-order valence-electron chi connectivity index (χ2n) is 5.18. The van der Waals surface area contributed by atoms with Crippen molar-refractivity contribution >= 4 is 23.4 Å². The van der Waals surface area contributed by atoms with Gasteiger partial charge < -0.3 is 19.0 Å². The summed E-state index contributed by atoms with van der Waals surface area (Å²) in [5.74, 6) is -0.911. The minimum atomic E-state index is -0.984. The van der Waals surface area contributed by atoms with Crippen LogP contribution in [-0.4, -0.2) is 32.6 Å². The van der Waals surface area contributed by atoms with E-state index in [0.717, 1.165) is 0 Å². The topological polar surface area (TPSA) is 73.5 Å². The molecule has 0 radical (unpaired) electrons. The van der Waals surface area contributed by atoms with Gasteiger partial charge in [0.2, 0.25) is 5.78 Å². The minimum absolute atomic E-state index is 0.213. The van der Waals surface area contributed by atoms with Crippen LogP contribution in [0.1, 0.15) is 28.8 Å². The number of hydrogen-bond donors (Lipinski definition) is 1. The molecule has 1 N–H and O–H groups in total. The Balaban J connectivity index is 2.62. The van der Waals surface area contributed by atoms with Gasteiger partial charge in [-0.25, -0.2) is 0 Å². The number of nitrogens with zero attached hydrogens (tertiary/aromatic N) is 2. The lowest BCUT2D eigenvalue weighted by molar-refractivity contribution is -0.136. The summed E-state index contributed by atoms with van der Waals surface area (Å²) in [5.41, 5.74) is 1.17. The number of ether oxygens (including phenoxy) is 1. The first-order chi connectivity index (χ1) is 11.4. The molecule has 128 valence electrons. The Morgan fingerprint density at radius 1 is 1.42 bits per heavy atom. The molecule has 2 rings (SSSR count). The van der Waals surface area contributed by atoms with Gasteiger partial charge in [-0.1, -0.05) is 17.7 Å². The molecule has 7 heteroatoms. The minimum Gasteiger partial charge on any atom is -0.491 e. The number of carbonyl (C=O) groups excluding carboxylic acids is 1. The molecule has 24 heavy (non-hydrogen) atoms. The molecule has 0 fully saturated rings. The maximum atomic E-state index is 13.0. The molecule has 0 aliphatic carbocycles. The fraction of sp³-hybridized carbons (Fsp3) is 0.294. The van der Waals surface area contributed by atoms with Crippen molar-refractivity contribution in [2.24, 2.45) is 7.05 Å². The monoisotopic (exact) mass is 350 g/mol. The summed E-state index contributed by atoms with van der Waals surface area (Å²) in [7, 11) is 1.69. The lowest BCUT2D eigenvalue weighted by Crippen LogP contribution is -2.16. The summed E-state index contributed by atoms with van der Waals surface area (Å²) < 4.78 is 8.76. The zero-order valence-corrected chi connectivity index (χ0v) is 14.3. The van der Waals surface area contributed by atoms with Crippen molar-refractivity contribution < 1.29 is 19.4 Å². The fourth-order valence-electron chi connectivity index (χ4n) is 2.55. The van der Waals surface area contributed by atoms with Crippen LogP contribution >= 0.6 is 11.6 Å². The van der Waals surface area contributed by atoms with E-state index in [-0.39, 0.29) is 12.2 Å². The van der Waals surface area contributed by atoms with Crippen molar-refractivity contribution in [1.82, 2.24) is 9.13 Å². The fourth-order valence-corrected chi connectivity index (χ4v) is 2.70. The highest BCUT2D eigenvalue weighted by Gasteiger charge is 2.26. The average molecular weight is 351 g/mol. The first-order valence-electron chi connectivity index (χ1n) is 7.44. The number of rotatable bonds is 8. The number of carboxylic acid groups (broad SMARTS) is 1. The van der Waals surface area contributed by atoms with Crippen molar-refractivity contribution in [3.8, 4) is 5.75 Å². The molecule has 0 spiro atoms. The van der Waals surface area contributed by atoms with Crippen LogP contribution in [0.15, 0.2) is 30.9 Å². The van der Waals surface area contributed by atoms with E-state index in [1.54, 1.807) is 47.4 Å². The summed E-state index contributed by atoms with van der Waals surface area (Å²) in [4.78, 5) is 24.1. The molecule has 0 bridgehead atoms. The van der Waals surface area contributed by atoms with Gasteiger partial charge in [-0.2, -0.15) is 0 Å². The zero-order chi connectivity index (χ0) is 17.9. The third kappa shape index (κ3) is 3.38. The molecular formula is C17H19ClN2O4. The Labute approximate surface area is 144 Å². The van der Waals surface area contributed by atoms with Gasteiger partial charge in [-0.15, -0.1) is 6.58 Å². The van der Waals surface area contributed by atoms with Crippen molar-refractivity contribution in [1.29, 1.82) is 0 Å². The predicted molar refractivity (Wildman–Crippen MR) is 91.0 cm³/mol. The van der Waals surface area contributed by atoms with E-state index >= 15 is 0 Å². The normalized spacial score (nSPS) is 10.6. The van der Waals surface area contributed by atoms with Crippen molar-refractivity contribution in [3.05, 3.63) is 53.1 Å². The molecular weight excluding hydrogens is 332 g/mol. The maximum absolute atomic E-state index is 13.0. The van der Waals surface area contributed by atoms with Gasteiger partial charge in [0.1, 0.15) is 16.6 Å². The van der Waals surface area contributed by atoms with Gasteiger partial charge in [-0.3, -0.25) is 9.59 Å². The van der Waals surface area contributed by atoms with Crippen molar-refractivity contribution in [3.63, 3.8) is 0 Å². The summed E-state index contributed by atoms with van der Waals surface area (Å²) >= 11 is 6.02. The number of aromatic nitrogens is 2. The summed E-state index contributed by atoms with van der Waals surface area (Å²) in [5, 5.41) is 9.54. The van der Waals surface area contributed by atoms with Gasteiger partial charge in [0, 0.05) is 25.4 Å². The third-order valence-corrected chi connectivity index (χ3v) is 3.98. The highest BCUT2D eigenvalue weighted by Crippen LogP contribution is 2.28. The second kappa shape index (κ2) is 7.40. The number of carboxylic acids is 1. The quantitative estimate of drug-likeness (QED) is 0.587. The first-order valence-corrected chi connectivity index (χ1v) is 7.82. The molecule has 0 amide bonds. The van der Waals surface area contributed by atoms with Crippen molar-refractivity contribution in [2.75, 3.05) is 6.61 Å². The van der Waals surface area contributed by atoms with Gasteiger partial charge in [0.05, 0.1) is 18.7 Å². The molecule has 2 heterocycles.